The summed E-state index contributed by atoms with van der Waals surface area (Å²) in [5, 5.41) is 0.794. The van der Waals surface area contributed by atoms with Crippen LogP contribution >= 0.6 is 22.3 Å². The van der Waals surface area contributed by atoms with E-state index >= 15 is 0 Å². The van der Waals surface area contributed by atoms with Gasteiger partial charge in [-0.15, -0.1) is 0 Å². The van der Waals surface area contributed by atoms with Crippen LogP contribution in [-0.4, -0.2) is 8.76 Å². The van der Waals surface area contributed by atoms with Crippen LogP contribution < -0.4 is 0 Å². The van der Waals surface area contributed by atoms with Crippen molar-refractivity contribution in [2.75, 3.05) is 0 Å². The van der Waals surface area contributed by atoms with Crippen LogP contribution in [0.2, 0.25) is 5.02 Å². The molecule has 0 aromatic heterocycles. The SMILES string of the molecule is Clc1ccccc1.O=S([O-])Cl. The molecule has 1 rings (SSSR count). The summed E-state index contributed by atoms with van der Waals surface area (Å²) in [6.45, 7) is 0. The van der Waals surface area contributed by atoms with Gasteiger partial charge in [-0.1, -0.05) is 29.8 Å². The fourth-order valence-corrected chi connectivity index (χ4v) is 0.560. The molecule has 0 bridgehead atoms. The van der Waals surface area contributed by atoms with Gasteiger partial charge in [0.15, 0.2) is 0 Å². The molecule has 0 radical (unpaired) electrons. The minimum atomic E-state index is -2.39. The predicted octanol–water partition coefficient (Wildman–Crippen LogP) is 2.36. The first-order valence-electron chi connectivity index (χ1n) is 2.59. The Hall–Kier alpha value is -0.0900. The quantitative estimate of drug-likeness (QED) is 0.489. The summed E-state index contributed by atoms with van der Waals surface area (Å²) in [7, 11) is 1.80. The van der Waals surface area contributed by atoms with Gasteiger partial charge in [-0.25, -0.2) is 0 Å². The number of halogens is 2. The Kier molecular flexibility index (Phi) is 6.56. The molecule has 1 unspecified atom stereocenters. The molecule has 1 atom stereocenters. The van der Waals surface area contributed by atoms with Crippen LogP contribution in [0.25, 0.3) is 0 Å². The van der Waals surface area contributed by atoms with Crippen molar-refractivity contribution >= 4 is 32.6 Å². The first kappa shape index (κ1) is 10.9. The molecule has 1 aromatic rings. The Bertz CT molecular complexity index is 211. The van der Waals surface area contributed by atoms with Gasteiger partial charge in [0.1, 0.15) is 0 Å². The number of hydrogen-bond acceptors (Lipinski definition) is 2. The van der Waals surface area contributed by atoms with Crippen molar-refractivity contribution in [2.45, 2.75) is 0 Å². The predicted molar refractivity (Wildman–Crippen MR) is 46.2 cm³/mol. The first-order valence-corrected chi connectivity index (χ1v) is 4.87. The first-order chi connectivity index (χ1) is 5.13. The molecule has 0 aliphatic carbocycles. The maximum Gasteiger partial charge on any atom is 0.0422 e. The normalized spacial score (nSPS) is 11.2. The zero-order chi connectivity index (χ0) is 8.69. The highest BCUT2D eigenvalue weighted by Gasteiger charge is 1.74. The van der Waals surface area contributed by atoms with E-state index in [9.17, 15) is 0 Å². The molecule has 0 N–H and O–H groups in total. The lowest BCUT2D eigenvalue weighted by Crippen LogP contribution is -1.61. The van der Waals surface area contributed by atoms with Crippen LogP contribution in [0.4, 0.5) is 0 Å². The Morgan fingerprint density at radius 1 is 1.27 bits per heavy atom. The fourth-order valence-electron chi connectivity index (χ4n) is 0.415. The Morgan fingerprint density at radius 3 is 1.82 bits per heavy atom. The van der Waals surface area contributed by atoms with Crippen LogP contribution in [0.3, 0.4) is 0 Å². The molecule has 0 aliphatic rings. The summed E-state index contributed by atoms with van der Waals surface area (Å²) in [5.74, 6) is 0. The van der Waals surface area contributed by atoms with Crippen LogP contribution in [0.1, 0.15) is 0 Å². The van der Waals surface area contributed by atoms with E-state index < -0.39 is 10.3 Å². The molecule has 11 heavy (non-hydrogen) atoms. The summed E-state index contributed by atoms with van der Waals surface area (Å²) in [5.41, 5.74) is 0. The second kappa shape index (κ2) is 6.61. The zero-order valence-electron chi connectivity index (χ0n) is 5.37. The summed E-state index contributed by atoms with van der Waals surface area (Å²) in [4.78, 5) is 0. The number of benzene rings is 1. The van der Waals surface area contributed by atoms with Gasteiger partial charge in [-0.2, -0.15) is 0 Å². The van der Waals surface area contributed by atoms with Crippen molar-refractivity contribution in [3.8, 4) is 0 Å². The monoisotopic (exact) mass is 211 g/mol. The maximum absolute atomic E-state index is 8.77. The Balaban J connectivity index is 0.000000218. The topological polar surface area (TPSA) is 40.1 Å². The molecule has 0 fully saturated rings. The average Bonchev–Trinajstić information content (AvgIpc) is 1.87. The lowest BCUT2D eigenvalue weighted by molar-refractivity contribution is 0.552. The fraction of sp³-hybridized carbons (Fsp3) is 0. The van der Waals surface area contributed by atoms with E-state index in [2.05, 4.69) is 10.7 Å². The van der Waals surface area contributed by atoms with Crippen molar-refractivity contribution in [1.29, 1.82) is 0 Å². The zero-order valence-corrected chi connectivity index (χ0v) is 7.70. The van der Waals surface area contributed by atoms with Gasteiger partial charge in [-0.05, 0) is 22.8 Å². The second-order valence-corrected chi connectivity index (χ2v) is 3.07. The molecule has 62 valence electrons. The lowest BCUT2D eigenvalue weighted by Gasteiger charge is -1.80. The highest BCUT2D eigenvalue weighted by molar-refractivity contribution is 8.03. The minimum absolute atomic E-state index is 0.794. The summed E-state index contributed by atoms with van der Waals surface area (Å²) >= 11 is 5.54. The van der Waals surface area contributed by atoms with Gasteiger partial charge in [0.25, 0.3) is 0 Å². The molecule has 0 saturated carbocycles. The number of rotatable bonds is 0. The van der Waals surface area contributed by atoms with E-state index in [-0.39, 0.29) is 0 Å². The summed E-state index contributed by atoms with van der Waals surface area (Å²) in [6, 6.07) is 9.44. The minimum Gasteiger partial charge on any atom is -0.760 e. The molecule has 0 saturated heterocycles. The molecule has 1 aromatic carbocycles. The van der Waals surface area contributed by atoms with Crippen molar-refractivity contribution in [3.05, 3.63) is 35.4 Å². The van der Waals surface area contributed by atoms with Gasteiger partial charge in [0.2, 0.25) is 0 Å². The molecule has 0 amide bonds. The van der Waals surface area contributed by atoms with E-state index in [0.717, 1.165) is 5.02 Å². The van der Waals surface area contributed by atoms with Crippen molar-refractivity contribution < 1.29 is 8.76 Å². The van der Waals surface area contributed by atoms with Gasteiger partial charge >= 0.3 is 0 Å². The van der Waals surface area contributed by atoms with Crippen molar-refractivity contribution in [3.63, 3.8) is 0 Å². The van der Waals surface area contributed by atoms with E-state index in [1.54, 1.807) is 0 Å². The third kappa shape index (κ3) is 9.91. The van der Waals surface area contributed by atoms with E-state index in [0.29, 0.717) is 0 Å². The largest absolute Gasteiger partial charge is 0.760 e. The van der Waals surface area contributed by atoms with E-state index in [1.165, 1.54) is 0 Å². The van der Waals surface area contributed by atoms with Crippen molar-refractivity contribution in [2.24, 2.45) is 0 Å². The molecule has 0 aliphatic heterocycles. The van der Waals surface area contributed by atoms with Crippen LogP contribution in [0.5, 0.6) is 0 Å². The Morgan fingerprint density at radius 2 is 1.64 bits per heavy atom. The summed E-state index contributed by atoms with van der Waals surface area (Å²) in [6.07, 6.45) is 0. The van der Waals surface area contributed by atoms with Crippen LogP contribution in [-0.2, 0) is 10.3 Å². The molecule has 0 spiro atoms. The lowest BCUT2D eigenvalue weighted by atomic mass is 10.4. The number of hydrogen-bond donors (Lipinski definition) is 0. The second-order valence-electron chi connectivity index (χ2n) is 1.49. The molecule has 5 heteroatoms. The van der Waals surface area contributed by atoms with Gasteiger partial charge in [0.05, 0.1) is 0 Å². The standard InChI is InChI=1S/C6H5Cl.ClHO2S/c7-6-4-2-1-3-5-6;1-4(2)3/h1-5H;(H,2,3)/p-1. The maximum atomic E-state index is 8.77. The molecule has 0 heterocycles. The van der Waals surface area contributed by atoms with Crippen molar-refractivity contribution in [1.82, 2.24) is 0 Å². The van der Waals surface area contributed by atoms with Gasteiger partial charge < -0.3 is 4.55 Å². The molecule has 2 nitrogen and oxygen atoms in total. The highest BCUT2D eigenvalue weighted by Crippen LogP contribution is 2.03. The third-order valence-electron chi connectivity index (χ3n) is 0.733. The smallest absolute Gasteiger partial charge is 0.0422 e. The van der Waals surface area contributed by atoms with E-state index in [4.69, 9.17) is 20.4 Å². The van der Waals surface area contributed by atoms with Gasteiger partial charge in [-0.3, -0.25) is 4.21 Å². The third-order valence-corrected chi connectivity index (χ3v) is 0.985. The van der Waals surface area contributed by atoms with E-state index in [1.807, 2.05) is 30.3 Å². The molecular formula is C6H5Cl2O2S-. The highest BCUT2D eigenvalue weighted by atomic mass is 35.7. The Labute approximate surface area is 76.9 Å². The summed E-state index contributed by atoms with van der Waals surface area (Å²) < 4.78 is 17.5. The molecular weight excluding hydrogens is 207 g/mol. The van der Waals surface area contributed by atoms with Gasteiger partial charge in [0, 0.05) is 15.3 Å². The average molecular weight is 212 g/mol. The van der Waals surface area contributed by atoms with Crippen LogP contribution in [0.15, 0.2) is 30.3 Å². The van der Waals surface area contributed by atoms with Crippen LogP contribution in [0, 0.1) is 0 Å².